The number of carboxylic acids is 1. The fraction of sp³-hybridized carbons (Fsp3) is 0.826. The molecule has 0 aromatic heterocycles. The quantitative estimate of drug-likeness (QED) is 0.401. The number of carboxylic acid groups (broad SMARTS) is 1. The molecule has 1 aliphatic carbocycles. The lowest BCUT2D eigenvalue weighted by Crippen LogP contribution is -2.53. The van der Waals surface area contributed by atoms with Gasteiger partial charge in [0.25, 0.3) is 0 Å². The van der Waals surface area contributed by atoms with Gasteiger partial charge in [-0.25, -0.2) is 9.59 Å². The third-order valence-corrected chi connectivity index (χ3v) is 6.55. The highest BCUT2D eigenvalue weighted by Gasteiger charge is 2.34. The zero-order chi connectivity index (χ0) is 23.8. The largest absolute Gasteiger partial charge is 0.480 e. The molecule has 4 N–H and O–H groups in total. The van der Waals surface area contributed by atoms with Gasteiger partial charge in [-0.3, -0.25) is 9.59 Å². The van der Waals surface area contributed by atoms with Crippen LogP contribution in [0.1, 0.15) is 72.6 Å². The third kappa shape index (κ3) is 7.98. The van der Waals surface area contributed by atoms with E-state index in [2.05, 4.69) is 29.8 Å². The van der Waals surface area contributed by atoms with Crippen LogP contribution in [0.2, 0.25) is 0 Å². The summed E-state index contributed by atoms with van der Waals surface area (Å²) in [4.78, 5) is 48.8. The highest BCUT2D eigenvalue weighted by molar-refractivity contribution is 5.90. The van der Waals surface area contributed by atoms with Crippen LogP contribution >= 0.6 is 0 Å². The second-order valence-corrected chi connectivity index (χ2v) is 9.92. The molecule has 9 heteroatoms. The molecule has 0 unspecified atom stereocenters. The first-order valence-corrected chi connectivity index (χ1v) is 11.8. The summed E-state index contributed by atoms with van der Waals surface area (Å²) in [5, 5.41) is 17.3. The second kappa shape index (κ2) is 12.1. The van der Waals surface area contributed by atoms with Crippen LogP contribution in [0.15, 0.2) is 0 Å². The maximum absolute atomic E-state index is 12.8. The van der Waals surface area contributed by atoms with E-state index >= 15 is 0 Å². The predicted molar refractivity (Wildman–Crippen MR) is 119 cm³/mol. The molecule has 1 saturated carbocycles. The normalized spacial score (nSPS) is 25.2. The lowest BCUT2D eigenvalue weighted by atomic mass is 9.80. The lowest BCUT2D eigenvalue weighted by Gasteiger charge is -2.31. The SMILES string of the molecule is CC(C)C[C@H](NC(=O)OC1CCC(C(C)C)CC1)C(=O)N[C@@H](C[C@@H]1CCNC1=O)C(=O)O. The fourth-order valence-electron chi connectivity index (χ4n) is 4.55. The average molecular weight is 454 g/mol. The lowest BCUT2D eigenvalue weighted by molar-refractivity contribution is -0.143. The van der Waals surface area contributed by atoms with Crippen LogP contribution in [0.5, 0.6) is 0 Å². The molecule has 3 atom stereocenters. The Morgan fingerprint density at radius 3 is 2.19 bits per heavy atom. The molecule has 1 heterocycles. The van der Waals surface area contributed by atoms with Crippen LogP contribution in [0, 0.1) is 23.7 Å². The number of nitrogens with one attached hydrogen (secondary N) is 3. The van der Waals surface area contributed by atoms with Crippen molar-refractivity contribution in [2.45, 2.75) is 90.8 Å². The maximum atomic E-state index is 12.8. The Labute approximate surface area is 190 Å². The first-order chi connectivity index (χ1) is 15.1. The van der Waals surface area contributed by atoms with Crippen LogP contribution in [-0.2, 0) is 19.1 Å². The van der Waals surface area contributed by atoms with E-state index in [4.69, 9.17) is 4.74 Å². The van der Waals surface area contributed by atoms with Gasteiger partial charge in [-0.15, -0.1) is 0 Å². The first-order valence-electron chi connectivity index (χ1n) is 11.8. The van der Waals surface area contributed by atoms with Gasteiger partial charge in [0, 0.05) is 12.5 Å². The number of carbonyl (C=O) groups excluding carboxylic acids is 3. The van der Waals surface area contributed by atoms with Crippen molar-refractivity contribution >= 4 is 23.9 Å². The number of hydrogen-bond donors (Lipinski definition) is 4. The average Bonchev–Trinajstić information content (AvgIpc) is 3.11. The Balaban J connectivity index is 1.92. The van der Waals surface area contributed by atoms with Crippen molar-refractivity contribution in [1.82, 2.24) is 16.0 Å². The minimum absolute atomic E-state index is 0.0187. The van der Waals surface area contributed by atoms with Crippen molar-refractivity contribution < 1.29 is 29.0 Å². The molecule has 0 radical (unpaired) electrons. The molecule has 0 bridgehead atoms. The molecule has 0 aromatic rings. The predicted octanol–water partition coefficient (Wildman–Crippen LogP) is 2.44. The number of ether oxygens (including phenoxy) is 1. The smallest absolute Gasteiger partial charge is 0.408 e. The summed E-state index contributed by atoms with van der Waals surface area (Å²) < 4.78 is 5.56. The van der Waals surface area contributed by atoms with Crippen LogP contribution in [-0.4, -0.2) is 53.7 Å². The topological polar surface area (TPSA) is 134 Å². The minimum Gasteiger partial charge on any atom is -0.480 e. The summed E-state index contributed by atoms with van der Waals surface area (Å²) in [7, 11) is 0. The standard InChI is InChI=1S/C23H39N3O6/c1-13(2)11-18(26-23(31)32-17-7-5-15(6-8-17)14(3)4)21(28)25-19(22(29)30)12-16-9-10-24-20(16)27/h13-19H,5-12H2,1-4H3,(H,24,27)(H,25,28)(H,26,31)(H,29,30)/t15?,16-,17?,18-,19-/m0/s1. The van der Waals surface area contributed by atoms with Gasteiger partial charge in [-0.2, -0.15) is 0 Å². The highest BCUT2D eigenvalue weighted by Crippen LogP contribution is 2.31. The Morgan fingerprint density at radius 1 is 1.03 bits per heavy atom. The van der Waals surface area contributed by atoms with Crippen LogP contribution in [0.25, 0.3) is 0 Å². The summed E-state index contributed by atoms with van der Waals surface area (Å²) in [5.74, 6) is -1.07. The van der Waals surface area contributed by atoms with Crippen molar-refractivity contribution in [3.05, 3.63) is 0 Å². The van der Waals surface area contributed by atoms with Gasteiger partial charge in [0.05, 0.1) is 0 Å². The number of amides is 3. The first kappa shape index (κ1) is 25.9. The Morgan fingerprint density at radius 2 is 1.69 bits per heavy atom. The van der Waals surface area contributed by atoms with Crippen LogP contribution < -0.4 is 16.0 Å². The molecule has 182 valence electrons. The van der Waals surface area contributed by atoms with Gasteiger partial charge in [0.2, 0.25) is 11.8 Å². The van der Waals surface area contributed by atoms with Crippen molar-refractivity contribution in [2.75, 3.05) is 6.54 Å². The van der Waals surface area contributed by atoms with Crippen molar-refractivity contribution in [2.24, 2.45) is 23.7 Å². The molecule has 3 amide bonds. The number of rotatable bonds is 10. The molecule has 1 aliphatic heterocycles. The van der Waals surface area contributed by atoms with E-state index in [1.54, 1.807) is 0 Å². The number of aliphatic carboxylic acids is 1. The van der Waals surface area contributed by atoms with E-state index in [1.807, 2.05) is 13.8 Å². The van der Waals surface area contributed by atoms with Gasteiger partial charge in [0.15, 0.2) is 0 Å². The number of hydrogen-bond acceptors (Lipinski definition) is 5. The van der Waals surface area contributed by atoms with Crippen molar-refractivity contribution in [1.29, 1.82) is 0 Å². The van der Waals surface area contributed by atoms with Crippen molar-refractivity contribution in [3.8, 4) is 0 Å². The van der Waals surface area contributed by atoms with Gasteiger partial charge < -0.3 is 25.8 Å². The minimum atomic E-state index is -1.20. The molecule has 9 nitrogen and oxygen atoms in total. The molecule has 32 heavy (non-hydrogen) atoms. The molecular weight excluding hydrogens is 414 g/mol. The zero-order valence-corrected chi connectivity index (χ0v) is 19.7. The van der Waals surface area contributed by atoms with E-state index in [1.165, 1.54) is 0 Å². The van der Waals surface area contributed by atoms with Gasteiger partial charge >= 0.3 is 12.1 Å². The number of alkyl carbamates (subject to hydrolysis) is 1. The van der Waals surface area contributed by atoms with Crippen LogP contribution in [0.3, 0.4) is 0 Å². The van der Waals surface area contributed by atoms with E-state index in [0.29, 0.717) is 31.2 Å². The maximum Gasteiger partial charge on any atom is 0.408 e. The molecule has 2 aliphatic rings. The van der Waals surface area contributed by atoms with E-state index in [-0.39, 0.29) is 24.3 Å². The molecule has 2 rings (SSSR count). The Hall–Kier alpha value is -2.32. The second-order valence-electron chi connectivity index (χ2n) is 9.92. The Kier molecular flexibility index (Phi) is 9.78. The van der Waals surface area contributed by atoms with Gasteiger partial charge in [-0.1, -0.05) is 27.7 Å². The molecule has 0 aromatic carbocycles. The van der Waals surface area contributed by atoms with E-state index in [9.17, 15) is 24.3 Å². The summed E-state index contributed by atoms with van der Waals surface area (Å²) in [5.41, 5.74) is 0. The monoisotopic (exact) mass is 453 g/mol. The highest BCUT2D eigenvalue weighted by atomic mass is 16.6. The third-order valence-electron chi connectivity index (χ3n) is 6.55. The zero-order valence-electron chi connectivity index (χ0n) is 19.7. The summed E-state index contributed by atoms with van der Waals surface area (Å²) in [6, 6.07) is -2.11. The summed E-state index contributed by atoms with van der Waals surface area (Å²) >= 11 is 0. The van der Waals surface area contributed by atoms with Crippen LogP contribution in [0.4, 0.5) is 4.79 Å². The van der Waals surface area contributed by atoms with Crippen molar-refractivity contribution in [3.63, 3.8) is 0 Å². The molecule has 0 spiro atoms. The molecule has 1 saturated heterocycles. The number of carbonyl (C=O) groups is 4. The Bertz CT molecular complexity index is 673. The molecule has 2 fully saturated rings. The van der Waals surface area contributed by atoms with Gasteiger partial charge in [0.1, 0.15) is 18.2 Å². The van der Waals surface area contributed by atoms with E-state index < -0.39 is 36.0 Å². The van der Waals surface area contributed by atoms with E-state index in [0.717, 1.165) is 25.7 Å². The van der Waals surface area contributed by atoms with Gasteiger partial charge in [-0.05, 0) is 62.7 Å². The fourth-order valence-corrected chi connectivity index (χ4v) is 4.55. The molecular formula is C23H39N3O6. The summed E-state index contributed by atoms with van der Waals surface area (Å²) in [6.45, 7) is 8.75. The summed E-state index contributed by atoms with van der Waals surface area (Å²) in [6.07, 6.45) is 3.73.